The standard InChI is InChI=1S/C22H27N5O3/c1-15(28)25-12-9-16(10-13-25)22(30)26-11-5-8-19(26)20(29)18-14-24-27(21(18)23)17-6-3-2-4-7-17/h2-4,6-7,14,16,19H,5,8-13,23H2,1H3/t19-/m0/s1. The number of ketones is 1. The Morgan fingerprint density at radius 3 is 2.40 bits per heavy atom. The van der Waals surface area contributed by atoms with Crippen LogP contribution in [0.3, 0.4) is 0 Å². The molecule has 2 amide bonds. The van der Waals surface area contributed by atoms with Crippen molar-refractivity contribution >= 4 is 23.4 Å². The van der Waals surface area contributed by atoms with E-state index >= 15 is 0 Å². The number of amides is 2. The summed E-state index contributed by atoms with van der Waals surface area (Å²) in [7, 11) is 0. The molecule has 0 aliphatic carbocycles. The Morgan fingerprint density at radius 1 is 1.03 bits per heavy atom. The van der Waals surface area contributed by atoms with Gasteiger partial charge in [0.05, 0.1) is 23.5 Å². The van der Waals surface area contributed by atoms with E-state index < -0.39 is 6.04 Å². The minimum Gasteiger partial charge on any atom is -0.383 e. The molecule has 2 aromatic rings. The molecule has 8 nitrogen and oxygen atoms in total. The zero-order chi connectivity index (χ0) is 21.3. The Hall–Kier alpha value is -3.16. The Bertz CT molecular complexity index is 947. The monoisotopic (exact) mass is 409 g/mol. The van der Waals surface area contributed by atoms with Crippen molar-refractivity contribution in [2.24, 2.45) is 5.92 Å². The summed E-state index contributed by atoms with van der Waals surface area (Å²) in [6.45, 7) is 3.32. The van der Waals surface area contributed by atoms with Crippen LogP contribution in [0.25, 0.3) is 5.69 Å². The first-order valence-electron chi connectivity index (χ1n) is 10.5. The maximum atomic E-state index is 13.3. The molecule has 2 N–H and O–H groups in total. The van der Waals surface area contributed by atoms with E-state index in [0.29, 0.717) is 50.3 Å². The molecule has 1 atom stereocenters. The molecule has 2 aliphatic heterocycles. The average Bonchev–Trinajstić information content (AvgIpc) is 3.40. The first-order valence-corrected chi connectivity index (χ1v) is 10.5. The van der Waals surface area contributed by atoms with Crippen LogP contribution in [0.1, 0.15) is 43.0 Å². The fraction of sp³-hybridized carbons (Fsp3) is 0.455. The predicted octanol–water partition coefficient (Wildman–Crippen LogP) is 1.89. The van der Waals surface area contributed by atoms with Gasteiger partial charge >= 0.3 is 0 Å². The van der Waals surface area contributed by atoms with Crippen LogP contribution in [-0.2, 0) is 9.59 Å². The van der Waals surface area contributed by atoms with Crippen LogP contribution in [0.15, 0.2) is 36.5 Å². The highest BCUT2D eigenvalue weighted by atomic mass is 16.2. The molecule has 1 aromatic carbocycles. The molecule has 3 heterocycles. The van der Waals surface area contributed by atoms with E-state index in [4.69, 9.17) is 5.73 Å². The first-order chi connectivity index (χ1) is 14.5. The Morgan fingerprint density at radius 2 is 1.73 bits per heavy atom. The second-order valence-corrected chi connectivity index (χ2v) is 8.03. The number of carbonyl (C=O) groups excluding carboxylic acids is 3. The zero-order valence-electron chi connectivity index (χ0n) is 17.2. The molecule has 0 saturated carbocycles. The SMILES string of the molecule is CC(=O)N1CCC(C(=O)N2CCC[C@H]2C(=O)c2cnn(-c3ccccc3)c2N)CC1. The molecule has 30 heavy (non-hydrogen) atoms. The van der Waals surface area contributed by atoms with Crippen molar-refractivity contribution in [3.63, 3.8) is 0 Å². The number of piperidine rings is 1. The molecule has 2 aliphatic rings. The summed E-state index contributed by atoms with van der Waals surface area (Å²) < 4.78 is 1.55. The summed E-state index contributed by atoms with van der Waals surface area (Å²) in [4.78, 5) is 41.4. The van der Waals surface area contributed by atoms with E-state index in [-0.39, 0.29) is 23.5 Å². The lowest BCUT2D eigenvalue weighted by molar-refractivity contribution is -0.140. The van der Waals surface area contributed by atoms with Gasteiger partial charge in [0.25, 0.3) is 0 Å². The highest BCUT2D eigenvalue weighted by molar-refractivity contribution is 6.05. The number of hydrogen-bond donors (Lipinski definition) is 1. The van der Waals surface area contributed by atoms with Gasteiger partial charge in [-0.15, -0.1) is 0 Å². The number of aromatic nitrogens is 2. The number of nitrogens with two attached hydrogens (primary N) is 1. The van der Waals surface area contributed by atoms with Gasteiger partial charge in [0.1, 0.15) is 5.82 Å². The summed E-state index contributed by atoms with van der Waals surface area (Å²) in [5.74, 6) is 0.0597. The number of benzene rings is 1. The van der Waals surface area contributed by atoms with E-state index in [1.165, 1.54) is 6.20 Å². The Kier molecular flexibility index (Phi) is 5.57. The van der Waals surface area contributed by atoms with Gasteiger partial charge in [0.2, 0.25) is 11.8 Å². The van der Waals surface area contributed by atoms with Gasteiger partial charge in [0, 0.05) is 32.5 Å². The molecule has 158 valence electrons. The van der Waals surface area contributed by atoms with Gasteiger partial charge in [-0.3, -0.25) is 14.4 Å². The number of carbonyl (C=O) groups is 3. The van der Waals surface area contributed by atoms with Gasteiger partial charge < -0.3 is 15.5 Å². The fourth-order valence-corrected chi connectivity index (χ4v) is 4.48. The van der Waals surface area contributed by atoms with E-state index in [0.717, 1.165) is 12.1 Å². The van der Waals surface area contributed by atoms with Crippen molar-refractivity contribution in [2.45, 2.75) is 38.6 Å². The third-order valence-electron chi connectivity index (χ3n) is 6.20. The molecule has 0 spiro atoms. The third-order valence-corrected chi connectivity index (χ3v) is 6.20. The summed E-state index contributed by atoms with van der Waals surface area (Å²) in [5, 5.41) is 4.29. The molecule has 4 rings (SSSR count). The second-order valence-electron chi connectivity index (χ2n) is 8.03. The lowest BCUT2D eigenvalue weighted by Gasteiger charge is -2.34. The molecule has 8 heteroatoms. The quantitative estimate of drug-likeness (QED) is 0.777. The molecule has 2 saturated heterocycles. The van der Waals surface area contributed by atoms with Gasteiger partial charge in [0.15, 0.2) is 5.78 Å². The van der Waals surface area contributed by atoms with Gasteiger partial charge in [-0.05, 0) is 37.8 Å². The summed E-state index contributed by atoms with van der Waals surface area (Å²) in [6, 6.07) is 8.91. The van der Waals surface area contributed by atoms with Crippen molar-refractivity contribution in [1.29, 1.82) is 0 Å². The summed E-state index contributed by atoms with van der Waals surface area (Å²) in [5.41, 5.74) is 7.39. The number of hydrogen-bond acceptors (Lipinski definition) is 5. The van der Waals surface area contributed by atoms with Crippen LogP contribution in [0, 0.1) is 5.92 Å². The molecule has 2 fully saturated rings. The largest absolute Gasteiger partial charge is 0.383 e. The van der Waals surface area contributed by atoms with Crippen LogP contribution >= 0.6 is 0 Å². The average molecular weight is 409 g/mol. The van der Waals surface area contributed by atoms with Crippen molar-refractivity contribution in [3.8, 4) is 5.69 Å². The van der Waals surface area contributed by atoms with Crippen LogP contribution in [0.5, 0.6) is 0 Å². The fourth-order valence-electron chi connectivity index (χ4n) is 4.48. The van der Waals surface area contributed by atoms with Gasteiger partial charge in [-0.25, -0.2) is 4.68 Å². The molecule has 0 radical (unpaired) electrons. The van der Waals surface area contributed by atoms with Crippen molar-refractivity contribution in [1.82, 2.24) is 19.6 Å². The lowest BCUT2D eigenvalue weighted by atomic mass is 9.94. The Labute approximate surface area is 175 Å². The van der Waals surface area contributed by atoms with Crippen LogP contribution in [0.2, 0.25) is 0 Å². The van der Waals surface area contributed by atoms with E-state index in [1.54, 1.807) is 21.4 Å². The summed E-state index contributed by atoms with van der Waals surface area (Å²) in [6.07, 6.45) is 4.21. The molecular weight excluding hydrogens is 382 g/mol. The number of Topliss-reactive ketones (excluding diaryl/α,β-unsaturated/α-hetero) is 1. The van der Waals surface area contributed by atoms with Crippen molar-refractivity contribution < 1.29 is 14.4 Å². The highest BCUT2D eigenvalue weighted by Gasteiger charge is 2.39. The maximum absolute atomic E-state index is 13.3. The zero-order valence-corrected chi connectivity index (χ0v) is 17.2. The topological polar surface area (TPSA) is 102 Å². The number of anilines is 1. The third kappa shape index (κ3) is 3.69. The van der Waals surface area contributed by atoms with Gasteiger partial charge in [-0.2, -0.15) is 5.10 Å². The van der Waals surface area contributed by atoms with Gasteiger partial charge in [-0.1, -0.05) is 18.2 Å². The van der Waals surface area contributed by atoms with E-state index in [1.807, 2.05) is 30.3 Å². The first kappa shape index (κ1) is 20.1. The van der Waals surface area contributed by atoms with E-state index in [2.05, 4.69) is 5.10 Å². The second kappa shape index (κ2) is 8.30. The van der Waals surface area contributed by atoms with Crippen LogP contribution in [0.4, 0.5) is 5.82 Å². The maximum Gasteiger partial charge on any atom is 0.226 e. The molecule has 0 bridgehead atoms. The number of nitrogens with zero attached hydrogens (tertiary/aromatic N) is 4. The Balaban J connectivity index is 1.49. The van der Waals surface area contributed by atoms with Crippen molar-refractivity contribution in [2.75, 3.05) is 25.4 Å². The minimum absolute atomic E-state index is 0.0167. The van der Waals surface area contributed by atoms with Crippen molar-refractivity contribution in [3.05, 3.63) is 42.1 Å². The number of para-hydroxylation sites is 1. The molecule has 0 unspecified atom stereocenters. The van der Waals surface area contributed by atoms with E-state index in [9.17, 15) is 14.4 Å². The number of likely N-dealkylation sites (tertiary alicyclic amines) is 2. The normalized spacial score (nSPS) is 19.8. The smallest absolute Gasteiger partial charge is 0.226 e. The summed E-state index contributed by atoms with van der Waals surface area (Å²) >= 11 is 0. The number of rotatable bonds is 4. The predicted molar refractivity (Wildman–Crippen MR) is 112 cm³/mol. The minimum atomic E-state index is -0.501. The molecule has 1 aromatic heterocycles. The van der Waals surface area contributed by atoms with Crippen LogP contribution in [-0.4, -0.2) is 62.9 Å². The lowest BCUT2D eigenvalue weighted by Crippen LogP contribution is -2.47. The molecular formula is C22H27N5O3. The highest BCUT2D eigenvalue weighted by Crippen LogP contribution is 2.29. The number of nitrogen functional groups attached to an aromatic ring is 1. The van der Waals surface area contributed by atoms with Crippen LogP contribution < -0.4 is 5.73 Å².